The Bertz CT molecular complexity index is 173. The summed E-state index contributed by atoms with van der Waals surface area (Å²) in [7, 11) is 0. The molecule has 0 amide bonds. The lowest BCUT2D eigenvalue weighted by Crippen LogP contribution is -1.91. The van der Waals surface area contributed by atoms with Gasteiger partial charge in [-0.3, -0.25) is 0 Å². The molecule has 0 saturated carbocycles. The summed E-state index contributed by atoms with van der Waals surface area (Å²) in [6.07, 6.45) is 4.03. The van der Waals surface area contributed by atoms with Crippen molar-refractivity contribution < 1.29 is 4.74 Å². The first-order chi connectivity index (χ1) is 6.49. The Balaban J connectivity index is 0. The predicted molar refractivity (Wildman–Crippen MR) is 65.3 cm³/mol. The lowest BCUT2D eigenvalue weighted by atomic mass is 10.2. The SMILES string of the molecule is C/C=C(C)\C(=C/C)OCC.CC(C)C. The maximum absolute atomic E-state index is 5.34. The first-order valence-corrected chi connectivity index (χ1v) is 5.41. The molecule has 0 saturated heterocycles. The van der Waals surface area contributed by atoms with Crippen molar-refractivity contribution in [3.8, 4) is 0 Å². The Morgan fingerprint density at radius 2 is 1.57 bits per heavy atom. The van der Waals surface area contributed by atoms with Crippen molar-refractivity contribution >= 4 is 0 Å². The van der Waals surface area contributed by atoms with Crippen LogP contribution >= 0.6 is 0 Å². The molecule has 0 aliphatic rings. The molecule has 0 aromatic rings. The molecule has 0 aliphatic heterocycles. The first kappa shape index (κ1) is 15.7. The van der Waals surface area contributed by atoms with Gasteiger partial charge < -0.3 is 4.74 Å². The number of hydrogen-bond acceptors (Lipinski definition) is 1. The molecule has 0 N–H and O–H groups in total. The highest BCUT2D eigenvalue weighted by Crippen LogP contribution is 2.09. The molecule has 0 aromatic heterocycles. The zero-order valence-electron chi connectivity index (χ0n) is 10.8. The third-order valence-corrected chi connectivity index (χ3v) is 1.38. The number of rotatable bonds is 3. The highest BCUT2D eigenvalue weighted by molar-refractivity contribution is 5.22. The van der Waals surface area contributed by atoms with Gasteiger partial charge in [0.2, 0.25) is 0 Å². The molecule has 0 heterocycles. The van der Waals surface area contributed by atoms with Gasteiger partial charge in [0.25, 0.3) is 0 Å². The van der Waals surface area contributed by atoms with E-state index >= 15 is 0 Å². The fourth-order valence-electron chi connectivity index (χ4n) is 0.723. The molecule has 0 aromatic carbocycles. The summed E-state index contributed by atoms with van der Waals surface area (Å²) in [5.74, 6) is 1.82. The second kappa shape index (κ2) is 10.4. The Labute approximate surface area is 89.9 Å². The largest absolute Gasteiger partial charge is 0.494 e. The van der Waals surface area contributed by atoms with E-state index in [4.69, 9.17) is 4.74 Å². The summed E-state index contributed by atoms with van der Waals surface area (Å²) < 4.78 is 5.34. The summed E-state index contributed by atoms with van der Waals surface area (Å²) in [5.41, 5.74) is 1.20. The van der Waals surface area contributed by atoms with Crippen LogP contribution in [0.2, 0.25) is 0 Å². The highest BCUT2D eigenvalue weighted by Gasteiger charge is 1.94. The van der Waals surface area contributed by atoms with E-state index in [1.807, 2.05) is 39.8 Å². The molecule has 0 fully saturated rings. The monoisotopic (exact) mass is 198 g/mol. The molecule has 1 heteroatoms. The van der Waals surface area contributed by atoms with Gasteiger partial charge in [0.05, 0.1) is 6.61 Å². The molecule has 1 nitrogen and oxygen atoms in total. The molecule has 0 bridgehead atoms. The molecule has 84 valence electrons. The first-order valence-electron chi connectivity index (χ1n) is 5.41. The van der Waals surface area contributed by atoms with E-state index in [0.29, 0.717) is 0 Å². The normalized spacial score (nSPS) is 12.3. The van der Waals surface area contributed by atoms with E-state index < -0.39 is 0 Å². The molecule has 0 rings (SSSR count). The smallest absolute Gasteiger partial charge is 0.117 e. The average molecular weight is 198 g/mol. The van der Waals surface area contributed by atoms with Gasteiger partial charge in [0, 0.05) is 0 Å². The van der Waals surface area contributed by atoms with Crippen LogP contribution in [0.1, 0.15) is 48.5 Å². The Kier molecular flexibility index (Phi) is 11.6. The summed E-state index contributed by atoms with van der Waals surface area (Å²) in [5, 5.41) is 0. The van der Waals surface area contributed by atoms with Gasteiger partial charge in [-0.2, -0.15) is 0 Å². The van der Waals surface area contributed by atoms with E-state index in [2.05, 4.69) is 20.8 Å². The van der Waals surface area contributed by atoms with E-state index in [-0.39, 0.29) is 0 Å². The van der Waals surface area contributed by atoms with Crippen molar-refractivity contribution in [3.05, 3.63) is 23.5 Å². The fourth-order valence-corrected chi connectivity index (χ4v) is 0.723. The number of hydrogen-bond donors (Lipinski definition) is 0. The maximum Gasteiger partial charge on any atom is 0.117 e. The van der Waals surface area contributed by atoms with Gasteiger partial charge in [0.1, 0.15) is 5.76 Å². The molecule has 0 aliphatic carbocycles. The van der Waals surface area contributed by atoms with Crippen LogP contribution in [0.3, 0.4) is 0 Å². The van der Waals surface area contributed by atoms with Crippen LogP contribution in [0.4, 0.5) is 0 Å². The standard InChI is InChI=1S/C9H16O.C4H10/c1-5-8(4)9(6-2)10-7-3;1-4(2)3/h5-6H,7H2,1-4H3;4H,1-3H3/b8-5-,9-6+;. The maximum atomic E-state index is 5.34. The van der Waals surface area contributed by atoms with E-state index in [1.54, 1.807) is 0 Å². The minimum absolute atomic E-state index is 0.741. The van der Waals surface area contributed by atoms with E-state index in [9.17, 15) is 0 Å². The van der Waals surface area contributed by atoms with Crippen molar-refractivity contribution in [2.75, 3.05) is 6.61 Å². The van der Waals surface area contributed by atoms with Crippen LogP contribution in [0.15, 0.2) is 23.5 Å². The summed E-state index contributed by atoms with van der Waals surface area (Å²) in [4.78, 5) is 0. The molecule has 0 spiro atoms. The number of allylic oxidation sites excluding steroid dienone is 3. The summed E-state index contributed by atoms with van der Waals surface area (Å²) in [6, 6.07) is 0. The molecule has 0 atom stereocenters. The van der Waals surface area contributed by atoms with Crippen molar-refractivity contribution in [3.63, 3.8) is 0 Å². The second-order valence-electron chi connectivity index (χ2n) is 3.79. The van der Waals surface area contributed by atoms with Crippen LogP contribution in [0.5, 0.6) is 0 Å². The lowest BCUT2D eigenvalue weighted by molar-refractivity contribution is 0.237. The van der Waals surface area contributed by atoms with Gasteiger partial charge in [0.15, 0.2) is 0 Å². The van der Waals surface area contributed by atoms with Crippen molar-refractivity contribution in [2.24, 2.45) is 5.92 Å². The van der Waals surface area contributed by atoms with Gasteiger partial charge in [-0.1, -0.05) is 26.8 Å². The van der Waals surface area contributed by atoms with E-state index in [1.165, 1.54) is 5.57 Å². The fraction of sp³-hybridized carbons (Fsp3) is 0.692. The van der Waals surface area contributed by atoms with Crippen molar-refractivity contribution in [1.82, 2.24) is 0 Å². The van der Waals surface area contributed by atoms with Gasteiger partial charge in [-0.05, 0) is 45.3 Å². The predicted octanol–water partition coefficient (Wildman–Crippen LogP) is 4.56. The van der Waals surface area contributed by atoms with Crippen LogP contribution in [-0.4, -0.2) is 6.61 Å². The van der Waals surface area contributed by atoms with Crippen LogP contribution in [0, 0.1) is 5.92 Å². The summed E-state index contributed by atoms with van der Waals surface area (Å²) in [6.45, 7) is 15.3. The number of ether oxygens (including phenoxy) is 1. The lowest BCUT2D eigenvalue weighted by Gasteiger charge is -2.06. The molecule has 0 radical (unpaired) electrons. The zero-order valence-corrected chi connectivity index (χ0v) is 10.8. The van der Waals surface area contributed by atoms with Gasteiger partial charge in [-0.25, -0.2) is 0 Å². The topological polar surface area (TPSA) is 9.23 Å². The second-order valence-corrected chi connectivity index (χ2v) is 3.79. The molecule has 14 heavy (non-hydrogen) atoms. The average Bonchev–Trinajstić information content (AvgIpc) is 2.12. The van der Waals surface area contributed by atoms with Crippen molar-refractivity contribution in [2.45, 2.75) is 48.5 Å². The Morgan fingerprint density at radius 1 is 1.14 bits per heavy atom. The van der Waals surface area contributed by atoms with Crippen LogP contribution in [0.25, 0.3) is 0 Å². The molecular weight excluding hydrogens is 172 g/mol. The Morgan fingerprint density at radius 3 is 1.79 bits per heavy atom. The minimum Gasteiger partial charge on any atom is -0.494 e. The van der Waals surface area contributed by atoms with Crippen LogP contribution in [-0.2, 0) is 4.74 Å². The minimum atomic E-state index is 0.741. The molecule has 0 unspecified atom stereocenters. The molecular formula is C13H26O. The van der Waals surface area contributed by atoms with Gasteiger partial charge in [-0.15, -0.1) is 0 Å². The van der Waals surface area contributed by atoms with Crippen LogP contribution < -0.4 is 0 Å². The highest BCUT2D eigenvalue weighted by atomic mass is 16.5. The summed E-state index contributed by atoms with van der Waals surface area (Å²) >= 11 is 0. The third kappa shape index (κ3) is 11.3. The van der Waals surface area contributed by atoms with E-state index in [0.717, 1.165) is 18.3 Å². The third-order valence-electron chi connectivity index (χ3n) is 1.38. The quantitative estimate of drug-likeness (QED) is 0.477. The zero-order chi connectivity index (χ0) is 11.6. The van der Waals surface area contributed by atoms with Crippen molar-refractivity contribution in [1.29, 1.82) is 0 Å². The Hall–Kier alpha value is -0.720. The van der Waals surface area contributed by atoms with Gasteiger partial charge >= 0.3 is 0 Å².